The molecule has 2 heterocycles. The SMILES string of the molecule is Cc1cccc(-n2c(SCc3nnc(-c4ccccc4Cl)o3)nc3cc(Cl)ccc3c2=O)c1. The van der Waals surface area contributed by atoms with Crippen LogP contribution in [0.25, 0.3) is 28.0 Å². The third kappa shape index (κ3) is 4.39. The molecule has 0 spiro atoms. The molecule has 5 rings (SSSR count). The van der Waals surface area contributed by atoms with Crippen molar-refractivity contribution >= 4 is 45.9 Å². The first-order valence-corrected chi connectivity index (χ1v) is 11.7. The zero-order valence-corrected chi connectivity index (χ0v) is 19.7. The topological polar surface area (TPSA) is 73.8 Å². The van der Waals surface area contributed by atoms with Crippen LogP contribution in [0.5, 0.6) is 0 Å². The standard InChI is InChI=1S/C24H16Cl2N4O2S/c1-14-5-4-6-16(11-14)30-23(31)18-10-9-15(25)12-20(18)27-24(30)33-13-21-28-29-22(32-21)17-7-2-3-8-19(17)26/h2-12H,13H2,1H3. The van der Waals surface area contributed by atoms with Crippen LogP contribution < -0.4 is 5.56 Å². The van der Waals surface area contributed by atoms with E-state index in [9.17, 15) is 4.79 Å². The van der Waals surface area contributed by atoms with Crippen molar-refractivity contribution in [1.82, 2.24) is 19.7 Å². The maximum Gasteiger partial charge on any atom is 0.266 e. The third-order valence-electron chi connectivity index (χ3n) is 4.96. The largest absolute Gasteiger partial charge is 0.420 e. The molecule has 0 saturated carbocycles. The molecule has 0 radical (unpaired) electrons. The minimum atomic E-state index is -0.174. The maximum atomic E-state index is 13.4. The summed E-state index contributed by atoms with van der Waals surface area (Å²) in [5.74, 6) is 1.05. The van der Waals surface area contributed by atoms with Crippen LogP contribution in [0.2, 0.25) is 10.0 Å². The van der Waals surface area contributed by atoms with Gasteiger partial charge in [0.2, 0.25) is 11.8 Å². The van der Waals surface area contributed by atoms with E-state index in [-0.39, 0.29) is 5.56 Å². The van der Waals surface area contributed by atoms with Crippen molar-refractivity contribution in [3.05, 3.63) is 98.6 Å². The molecule has 0 amide bonds. The van der Waals surface area contributed by atoms with Gasteiger partial charge in [-0.15, -0.1) is 10.2 Å². The first-order valence-electron chi connectivity index (χ1n) is 9.99. The van der Waals surface area contributed by atoms with Gasteiger partial charge in [0.1, 0.15) is 0 Å². The van der Waals surface area contributed by atoms with E-state index in [1.807, 2.05) is 49.4 Å². The average Bonchev–Trinajstić information content (AvgIpc) is 3.26. The third-order valence-corrected chi connectivity index (χ3v) is 6.44. The lowest BCUT2D eigenvalue weighted by atomic mass is 10.2. The van der Waals surface area contributed by atoms with Crippen molar-refractivity contribution in [3.63, 3.8) is 0 Å². The molecule has 0 unspecified atom stereocenters. The van der Waals surface area contributed by atoms with Gasteiger partial charge in [-0.1, -0.05) is 59.2 Å². The van der Waals surface area contributed by atoms with Crippen LogP contribution in [-0.2, 0) is 5.75 Å². The van der Waals surface area contributed by atoms with E-state index in [1.54, 1.807) is 28.8 Å². The smallest absolute Gasteiger partial charge is 0.266 e. The van der Waals surface area contributed by atoms with Crippen LogP contribution in [-0.4, -0.2) is 19.7 Å². The molecule has 0 fully saturated rings. The Labute approximate surface area is 203 Å². The zero-order valence-electron chi connectivity index (χ0n) is 17.3. The van der Waals surface area contributed by atoms with Gasteiger partial charge in [0.05, 0.1) is 32.9 Å². The molecule has 2 aromatic heterocycles. The van der Waals surface area contributed by atoms with Crippen LogP contribution in [0, 0.1) is 6.92 Å². The first-order chi connectivity index (χ1) is 16.0. The summed E-state index contributed by atoms with van der Waals surface area (Å²) in [6.45, 7) is 1.98. The molecule has 0 saturated heterocycles. The second kappa shape index (κ2) is 9.02. The molecule has 3 aromatic carbocycles. The fourth-order valence-corrected chi connectivity index (χ4v) is 4.64. The van der Waals surface area contributed by atoms with E-state index in [4.69, 9.17) is 32.6 Å². The summed E-state index contributed by atoms with van der Waals surface area (Å²) in [4.78, 5) is 18.1. The Morgan fingerprint density at radius 1 is 1.00 bits per heavy atom. The highest BCUT2D eigenvalue weighted by molar-refractivity contribution is 7.98. The molecular weight excluding hydrogens is 479 g/mol. The van der Waals surface area contributed by atoms with Crippen molar-refractivity contribution in [2.45, 2.75) is 17.8 Å². The highest BCUT2D eigenvalue weighted by Gasteiger charge is 2.17. The summed E-state index contributed by atoms with van der Waals surface area (Å²) in [5, 5.41) is 10.3. The van der Waals surface area contributed by atoms with E-state index >= 15 is 0 Å². The monoisotopic (exact) mass is 494 g/mol. The fraction of sp³-hybridized carbons (Fsp3) is 0.0833. The van der Waals surface area contributed by atoms with E-state index in [0.717, 1.165) is 11.3 Å². The Hall–Kier alpha value is -3.13. The van der Waals surface area contributed by atoms with Gasteiger partial charge in [0, 0.05) is 5.02 Å². The predicted octanol–water partition coefficient (Wildman–Crippen LogP) is 6.34. The van der Waals surface area contributed by atoms with Gasteiger partial charge >= 0.3 is 0 Å². The summed E-state index contributed by atoms with van der Waals surface area (Å²) in [6, 6.07) is 20.0. The molecule has 5 aromatic rings. The Balaban J connectivity index is 1.54. The molecule has 0 bridgehead atoms. The maximum absolute atomic E-state index is 13.4. The number of halogens is 2. The molecule has 0 N–H and O–H groups in total. The second-order valence-corrected chi connectivity index (χ2v) is 9.09. The number of aryl methyl sites for hydroxylation is 1. The first kappa shape index (κ1) is 21.7. The normalized spacial score (nSPS) is 11.2. The number of thioether (sulfide) groups is 1. The number of aromatic nitrogens is 4. The zero-order chi connectivity index (χ0) is 22.9. The van der Waals surface area contributed by atoms with Crippen molar-refractivity contribution < 1.29 is 4.42 Å². The van der Waals surface area contributed by atoms with Crippen molar-refractivity contribution in [2.75, 3.05) is 0 Å². The summed E-state index contributed by atoms with van der Waals surface area (Å²) >= 11 is 13.7. The molecule has 0 atom stereocenters. The molecule has 164 valence electrons. The molecule has 6 nitrogen and oxygen atoms in total. The van der Waals surface area contributed by atoms with Gasteiger partial charge in [-0.05, 0) is 55.0 Å². The van der Waals surface area contributed by atoms with Crippen LogP contribution in [0.4, 0.5) is 0 Å². The molecule has 0 aliphatic rings. The number of benzene rings is 3. The minimum absolute atomic E-state index is 0.174. The lowest BCUT2D eigenvalue weighted by Gasteiger charge is -2.13. The van der Waals surface area contributed by atoms with Crippen LogP contribution in [0.15, 0.2) is 81.1 Å². The molecular formula is C24H16Cl2N4O2S. The summed E-state index contributed by atoms with van der Waals surface area (Å²) in [5.41, 5.74) is 2.79. The Bertz CT molecular complexity index is 1550. The van der Waals surface area contributed by atoms with Crippen molar-refractivity contribution in [2.24, 2.45) is 0 Å². The average molecular weight is 495 g/mol. The highest BCUT2D eigenvalue weighted by atomic mass is 35.5. The lowest BCUT2D eigenvalue weighted by Crippen LogP contribution is -2.21. The Morgan fingerprint density at radius 2 is 1.85 bits per heavy atom. The van der Waals surface area contributed by atoms with Crippen LogP contribution in [0.3, 0.4) is 0 Å². The summed E-state index contributed by atoms with van der Waals surface area (Å²) < 4.78 is 7.41. The van der Waals surface area contributed by atoms with Crippen LogP contribution >= 0.6 is 35.0 Å². The summed E-state index contributed by atoms with van der Waals surface area (Å²) in [7, 11) is 0. The van der Waals surface area contributed by atoms with Gasteiger partial charge < -0.3 is 4.42 Å². The lowest BCUT2D eigenvalue weighted by molar-refractivity contribution is 0.528. The highest BCUT2D eigenvalue weighted by Crippen LogP contribution is 2.29. The van der Waals surface area contributed by atoms with Crippen molar-refractivity contribution in [1.29, 1.82) is 0 Å². The molecule has 0 aliphatic heterocycles. The Morgan fingerprint density at radius 3 is 2.67 bits per heavy atom. The molecule has 9 heteroatoms. The number of hydrogen-bond donors (Lipinski definition) is 0. The number of fused-ring (bicyclic) bond motifs is 1. The van der Waals surface area contributed by atoms with E-state index in [0.29, 0.717) is 49.2 Å². The number of nitrogens with zero attached hydrogens (tertiary/aromatic N) is 4. The predicted molar refractivity (Wildman–Crippen MR) is 131 cm³/mol. The van der Waals surface area contributed by atoms with Crippen molar-refractivity contribution in [3.8, 4) is 17.1 Å². The summed E-state index contributed by atoms with van der Waals surface area (Å²) in [6.07, 6.45) is 0. The second-order valence-electron chi connectivity index (χ2n) is 7.30. The van der Waals surface area contributed by atoms with Gasteiger partial charge in [-0.2, -0.15) is 0 Å². The van der Waals surface area contributed by atoms with Gasteiger partial charge in [0.15, 0.2) is 5.16 Å². The number of hydrogen-bond acceptors (Lipinski definition) is 6. The van der Waals surface area contributed by atoms with E-state index < -0.39 is 0 Å². The quantitative estimate of drug-likeness (QED) is 0.209. The van der Waals surface area contributed by atoms with E-state index in [2.05, 4.69) is 10.2 Å². The van der Waals surface area contributed by atoms with Gasteiger partial charge in [-0.25, -0.2) is 4.98 Å². The fourth-order valence-electron chi connectivity index (χ4n) is 3.41. The van der Waals surface area contributed by atoms with E-state index in [1.165, 1.54) is 11.8 Å². The van der Waals surface area contributed by atoms with Gasteiger partial charge in [-0.3, -0.25) is 9.36 Å². The molecule has 0 aliphatic carbocycles. The number of rotatable bonds is 5. The molecule has 33 heavy (non-hydrogen) atoms. The Kier molecular flexibility index (Phi) is 5.93. The van der Waals surface area contributed by atoms with Crippen LogP contribution in [0.1, 0.15) is 11.5 Å². The minimum Gasteiger partial charge on any atom is -0.420 e. The van der Waals surface area contributed by atoms with Gasteiger partial charge in [0.25, 0.3) is 5.56 Å².